The van der Waals surface area contributed by atoms with Gasteiger partial charge in [-0.25, -0.2) is 0 Å². The average molecular weight is 421 g/mol. The first kappa shape index (κ1) is 20.3. The third-order valence-electron chi connectivity index (χ3n) is 4.04. The molecule has 0 aliphatic carbocycles. The van der Waals surface area contributed by atoms with Crippen molar-refractivity contribution in [3.8, 4) is 0 Å². The van der Waals surface area contributed by atoms with Crippen molar-refractivity contribution in [2.45, 2.75) is 13.3 Å². The van der Waals surface area contributed by atoms with Crippen molar-refractivity contribution >= 4 is 41.1 Å². The molecule has 2 N–H and O–H groups in total. The number of aryl methyl sites for hydroxylation is 1. The number of esters is 1. The Hall–Kier alpha value is -3.40. The second-order valence-corrected chi connectivity index (χ2v) is 6.77. The molecule has 1 saturated heterocycles. The third kappa shape index (κ3) is 5.32. The minimum Gasteiger partial charge on any atom is -0.455 e. The van der Waals surface area contributed by atoms with Gasteiger partial charge in [-0.15, -0.1) is 0 Å². The number of aromatic nitrogens is 1. The molecule has 1 aromatic carbocycles. The third-order valence-corrected chi connectivity index (χ3v) is 4.29. The summed E-state index contributed by atoms with van der Waals surface area (Å²) in [5, 5.41) is 7.53. The summed E-state index contributed by atoms with van der Waals surface area (Å²) < 4.78 is 9.76. The highest BCUT2D eigenvalue weighted by molar-refractivity contribution is 6.30. The second kappa shape index (κ2) is 8.74. The Morgan fingerprint density at radius 3 is 2.69 bits per heavy atom. The van der Waals surface area contributed by atoms with E-state index in [4.69, 9.17) is 20.9 Å². The Morgan fingerprint density at radius 1 is 1.31 bits per heavy atom. The summed E-state index contributed by atoms with van der Waals surface area (Å²) in [6.45, 7) is 1.07. The first-order chi connectivity index (χ1) is 13.8. The van der Waals surface area contributed by atoms with Gasteiger partial charge in [0.05, 0.1) is 12.5 Å². The molecule has 3 rings (SSSR count). The van der Waals surface area contributed by atoms with Gasteiger partial charge in [0.1, 0.15) is 5.76 Å². The molecule has 1 aromatic heterocycles. The standard InChI is InChI=1S/C18H17ClN4O6/c1-10-6-14(22-29-10)20-15(24)9-28-18(27)12-7-16(25)23(8-12)21-17(26)11-2-4-13(19)5-3-11/h2-6,12H,7-9H2,1H3,(H,21,26)(H,20,22,24)/t12-/m0/s1. The monoisotopic (exact) mass is 420 g/mol. The number of carbonyl (C=O) groups is 4. The van der Waals surface area contributed by atoms with Crippen molar-refractivity contribution in [3.05, 3.63) is 46.7 Å². The molecule has 29 heavy (non-hydrogen) atoms. The predicted molar refractivity (Wildman–Crippen MR) is 99.6 cm³/mol. The fourth-order valence-corrected chi connectivity index (χ4v) is 2.75. The lowest BCUT2D eigenvalue weighted by Gasteiger charge is -2.17. The highest BCUT2D eigenvalue weighted by Gasteiger charge is 2.36. The summed E-state index contributed by atoms with van der Waals surface area (Å²) in [7, 11) is 0. The van der Waals surface area contributed by atoms with Crippen LogP contribution in [0.5, 0.6) is 0 Å². The van der Waals surface area contributed by atoms with Crippen molar-refractivity contribution in [2.24, 2.45) is 5.92 Å². The van der Waals surface area contributed by atoms with Gasteiger partial charge in [0, 0.05) is 23.1 Å². The summed E-state index contributed by atoms with van der Waals surface area (Å²) in [6.07, 6.45) is -0.135. The van der Waals surface area contributed by atoms with Gasteiger partial charge in [-0.3, -0.25) is 29.6 Å². The van der Waals surface area contributed by atoms with Crippen molar-refractivity contribution in [1.82, 2.24) is 15.6 Å². The van der Waals surface area contributed by atoms with E-state index >= 15 is 0 Å². The molecule has 0 saturated carbocycles. The van der Waals surface area contributed by atoms with Gasteiger partial charge >= 0.3 is 5.97 Å². The zero-order valence-electron chi connectivity index (χ0n) is 15.3. The molecule has 0 unspecified atom stereocenters. The second-order valence-electron chi connectivity index (χ2n) is 6.33. The Morgan fingerprint density at radius 2 is 2.03 bits per heavy atom. The first-order valence-electron chi connectivity index (χ1n) is 8.58. The van der Waals surface area contributed by atoms with Crippen molar-refractivity contribution in [1.29, 1.82) is 0 Å². The molecule has 1 atom stereocenters. The van der Waals surface area contributed by atoms with E-state index in [9.17, 15) is 19.2 Å². The Balaban J connectivity index is 1.47. The maximum absolute atomic E-state index is 12.2. The average Bonchev–Trinajstić information content (AvgIpc) is 3.25. The lowest BCUT2D eigenvalue weighted by molar-refractivity contribution is -0.151. The number of nitrogens with zero attached hydrogens (tertiary/aromatic N) is 2. The Labute approximate surface area is 170 Å². The minimum atomic E-state index is -0.796. The highest BCUT2D eigenvalue weighted by Crippen LogP contribution is 2.18. The summed E-state index contributed by atoms with van der Waals surface area (Å²) in [4.78, 5) is 48.2. The fraction of sp³-hybridized carbons (Fsp3) is 0.278. The van der Waals surface area contributed by atoms with Gasteiger partial charge in [0.2, 0.25) is 5.91 Å². The first-order valence-corrected chi connectivity index (χ1v) is 8.96. The SMILES string of the molecule is Cc1cc(NC(=O)COC(=O)[C@H]2CC(=O)N(NC(=O)c3ccc(Cl)cc3)C2)no1. The topological polar surface area (TPSA) is 131 Å². The van der Waals surface area contributed by atoms with Crippen molar-refractivity contribution in [3.63, 3.8) is 0 Å². The van der Waals surface area contributed by atoms with E-state index in [-0.39, 0.29) is 18.8 Å². The summed E-state index contributed by atoms with van der Waals surface area (Å²) in [6, 6.07) is 7.64. The van der Waals surface area contributed by atoms with Crippen LogP contribution in [-0.2, 0) is 19.1 Å². The predicted octanol–water partition coefficient (Wildman–Crippen LogP) is 1.31. The molecule has 3 amide bonds. The van der Waals surface area contributed by atoms with E-state index in [2.05, 4.69) is 15.9 Å². The molecule has 0 radical (unpaired) electrons. The zero-order chi connectivity index (χ0) is 21.0. The summed E-state index contributed by atoms with van der Waals surface area (Å²) >= 11 is 5.78. The van der Waals surface area contributed by atoms with E-state index in [0.717, 1.165) is 5.01 Å². The number of amides is 3. The van der Waals surface area contributed by atoms with Gasteiger partial charge in [0.15, 0.2) is 12.4 Å². The molecule has 0 bridgehead atoms. The van der Waals surface area contributed by atoms with Crippen LogP contribution in [0.4, 0.5) is 5.82 Å². The maximum Gasteiger partial charge on any atom is 0.311 e. The number of hydrazine groups is 1. The maximum atomic E-state index is 12.2. The molecule has 11 heteroatoms. The number of benzene rings is 1. The molecule has 10 nitrogen and oxygen atoms in total. The number of rotatable bonds is 6. The number of hydrogen-bond donors (Lipinski definition) is 2. The van der Waals surface area contributed by atoms with Crippen LogP contribution < -0.4 is 10.7 Å². The normalized spacial score (nSPS) is 15.9. The van der Waals surface area contributed by atoms with Crippen LogP contribution in [0.25, 0.3) is 0 Å². The molecule has 1 aliphatic rings. The van der Waals surface area contributed by atoms with Gasteiger partial charge in [-0.05, 0) is 31.2 Å². The zero-order valence-corrected chi connectivity index (χ0v) is 16.1. The van der Waals surface area contributed by atoms with Gasteiger partial charge in [0.25, 0.3) is 11.8 Å². The van der Waals surface area contributed by atoms with Crippen molar-refractivity contribution < 1.29 is 28.4 Å². The van der Waals surface area contributed by atoms with Gasteiger partial charge < -0.3 is 14.6 Å². The van der Waals surface area contributed by atoms with Gasteiger partial charge in [-0.1, -0.05) is 16.8 Å². The summed E-state index contributed by atoms with van der Waals surface area (Å²) in [5.41, 5.74) is 2.76. The van der Waals surface area contributed by atoms with Crippen LogP contribution in [-0.4, -0.2) is 47.0 Å². The number of halogens is 1. The van der Waals surface area contributed by atoms with E-state index in [1.165, 1.54) is 18.2 Å². The largest absolute Gasteiger partial charge is 0.455 e. The van der Waals surface area contributed by atoms with Crippen molar-refractivity contribution in [2.75, 3.05) is 18.5 Å². The van der Waals surface area contributed by atoms with Crippen LogP contribution >= 0.6 is 11.6 Å². The van der Waals surface area contributed by atoms with E-state index in [1.807, 2.05) is 0 Å². The molecule has 1 fully saturated rings. The highest BCUT2D eigenvalue weighted by atomic mass is 35.5. The molecular formula is C18H17ClN4O6. The number of ether oxygens (including phenoxy) is 1. The van der Waals surface area contributed by atoms with Crippen LogP contribution in [0.15, 0.2) is 34.9 Å². The number of anilines is 1. The molecule has 1 aliphatic heterocycles. The lowest BCUT2D eigenvalue weighted by Crippen LogP contribution is -2.43. The number of hydrogen-bond acceptors (Lipinski definition) is 7. The smallest absolute Gasteiger partial charge is 0.311 e. The summed E-state index contributed by atoms with van der Waals surface area (Å²) in [5.74, 6) is -2.33. The molecule has 152 valence electrons. The minimum absolute atomic E-state index is 0.0545. The fourth-order valence-electron chi connectivity index (χ4n) is 2.62. The van der Waals surface area contributed by atoms with Crippen LogP contribution in [0.1, 0.15) is 22.5 Å². The molecule has 2 aromatic rings. The molecular weight excluding hydrogens is 404 g/mol. The lowest BCUT2D eigenvalue weighted by atomic mass is 10.1. The molecule has 2 heterocycles. The Kier molecular flexibility index (Phi) is 6.13. The van der Waals surface area contributed by atoms with Crippen LogP contribution in [0.2, 0.25) is 5.02 Å². The van der Waals surface area contributed by atoms with E-state index in [1.54, 1.807) is 19.1 Å². The van der Waals surface area contributed by atoms with Crippen LogP contribution in [0, 0.1) is 12.8 Å². The van der Waals surface area contributed by atoms with E-state index < -0.39 is 36.2 Å². The number of carbonyl (C=O) groups excluding carboxylic acids is 4. The van der Waals surface area contributed by atoms with Crippen LogP contribution in [0.3, 0.4) is 0 Å². The Bertz CT molecular complexity index is 942. The molecule has 0 spiro atoms. The van der Waals surface area contributed by atoms with E-state index in [0.29, 0.717) is 16.3 Å². The van der Waals surface area contributed by atoms with Gasteiger partial charge in [-0.2, -0.15) is 0 Å². The quantitative estimate of drug-likeness (QED) is 0.673. The number of nitrogens with one attached hydrogen (secondary N) is 2.